The molecule has 1 aliphatic heterocycles. The second kappa shape index (κ2) is 7.00. The van der Waals surface area contributed by atoms with Crippen molar-refractivity contribution in [3.05, 3.63) is 94.5 Å². The van der Waals surface area contributed by atoms with Crippen molar-refractivity contribution in [3.63, 3.8) is 0 Å². The molecule has 5 rings (SSSR count). The van der Waals surface area contributed by atoms with Gasteiger partial charge in [0.25, 0.3) is 11.5 Å². The Morgan fingerprint density at radius 3 is 2.47 bits per heavy atom. The molecule has 0 saturated heterocycles. The fourth-order valence-electron chi connectivity index (χ4n) is 3.64. The average molecular weight is 395 g/mol. The third-order valence-electron chi connectivity index (χ3n) is 5.12. The summed E-state index contributed by atoms with van der Waals surface area (Å²) in [5.74, 6) is 0.843. The van der Waals surface area contributed by atoms with Gasteiger partial charge in [-0.2, -0.15) is 0 Å². The number of hydrogen-bond acceptors (Lipinski definition) is 4. The molecule has 3 aromatic carbocycles. The van der Waals surface area contributed by atoms with Crippen LogP contribution >= 0.6 is 0 Å². The summed E-state index contributed by atoms with van der Waals surface area (Å²) >= 11 is 0. The predicted octanol–water partition coefficient (Wildman–Crippen LogP) is 3.89. The highest BCUT2D eigenvalue weighted by atomic mass is 16.5. The fraction of sp³-hybridized carbons (Fsp3) is 0.0417. The first kappa shape index (κ1) is 17.9. The van der Waals surface area contributed by atoms with Gasteiger partial charge in [0.05, 0.1) is 29.3 Å². The van der Waals surface area contributed by atoms with E-state index >= 15 is 0 Å². The van der Waals surface area contributed by atoms with E-state index in [1.165, 1.54) is 4.57 Å². The minimum atomic E-state index is -0.222. The highest BCUT2D eigenvalue weighted by Gasteiger charge is 2.24. The number of nitrogens with one attached hydrogen (secondary N) is 1. The monoisotopic (exact) mass is 395 g/mol. The summed E-state index contributed by atoms with van der Waals surface area (Å²) in [5.41, 5.74) is 3.00. The first-order valence-corrected chi connectivity index (χ1v) is 9.44. The maximum atomic E-state index is 13.4. The number of carbonyl (C=O) groups is 1. The van der Waals surface area contributed by atoms with Gasteiger partial charge < -0.3 is 10.1 Å². The molecule has 30 heavy (non-hydrogen) atoms. The lowest BCUT2D eigenvalue weighted by molar-refractivity contribution is -0.110. The van der Waals surface area contributed by atoms with E-state index in [-0.39, 0.29) is 11.5 Å². The number of carbonyl (C=O) groups excluding carboxylic acids is 1. The smallest absolute Gasteiger partial charge is 0.266 e. The van der Waals surface area contributed by atoms with Crippen LogP contribution in [0, 0.1) is 0 Å². The number of amides is 1. The molecule has 0 unspecified atom stereocenters. The van der Waals surface area contributed by atoms with Crippen molar-refractivity contribution in [2.24, 2.45) is 0 Å². The van der Waals surface area contributed by atoms with Crippen molar-refractivity contribution in [2.45, 2.75) is 0 Å². The molecule has 0 radical (unpaired) electrons. The van der Waals surface area contributed by atoms with Gasteiger partial charge in [-0.05, 0) is 48.5 Å². The van der Waals surface area contributed by atoms with Gasteiger partial charge in [-0.25, -0.2) is 4.98 Å². The third kappa shape index (κ3) is 2.86. The first-order valence-electron chi connectivity index (χ1n) is 9.44. The summed E-state index contributed by atoms with van der Waals surface area (Å²) < 4.78 is 6.75. The highest BCUT2D eigenvalue weighted by Crippen LogP contribution is 2.32. The normalized spacial score (nSPS) is 14.0. The van der Waals surface area contributed by atoms with Crippen LogP contribution in [0.1, 0.15) is 11.4 Å². The van der Waals surface area contributed by atoms with Crippen molar-refractivity contribution >= 4 is 34.1 Å². The van der Waals surface area contributed by atoms with E-state index < -0.39 is 0 Å². The number of rotatable bonds is 3. The average Bonchev–Trinajstić information content (AvgIpc) is 3.09. The van der Waals surface area contributed by atoms with Gasteiger partial charge in [-0.1, -0.05) is 30.3 Å². The quantitative estimate of drug-likeness (QED) is 0.534. The second-order valence-electron chi connectivity index (χ2n) is 6.88. The van der Waals surface area contributed by atoms with Crippen molar-refractivity contribution < 1.29 is 9.53 Å². The Balaban J connectivity index is 1.79. The third-order valence-corrected chi connectivity index (χ3v) is 5.12. The second-order valence-corrected chi connectivity index (χ2v) is 6.88. The molecule has 0 spiro atoms. The molecule has 1 aromatic heterocycles. The van der Waals surface area contributed by atoms with Crippen LogP contribution in [0.5, 0.6) is 5.75 Å². The Bertz CT molecular complexity index is 1390. The molecule has 6 nitrogen and oxygen atoms in total. The fourth-order valence-corrected chi connectivity index (χ4v) is 3.64. The van der Waals surface area contributed by atoms with Gasteiger partial charge in [-0.15, -0.1) is 0 Å². The Morgan fingerprint density at radius 2 is 1.67 bits per heavy atom. The van der Waals surface area contributed by atoms with Crippen LogP contribution in [0.4, 0.5) is 5.69 Å². The van der Waals surface area contributed by atoms with Gasteiger partial charge >= 0.3 is 0 Å². The zero-order valence-corrected chi connectivity index (χ0v) is 16.1. The molecule has 1 amide bonds. The molecule has 0 atom stereocenters. The summed E-state index contributed by atoms with van der Waals surface area (Å²) in [4.78, 5) is 30.7. The number of aromatic nitrogens is 2. The largest absolute Gasteiger partial charge is 0.497 e. The number of fused-ring (bicyclic) bond motifs is 2. The maximum absolute atomic E-state index is 13.4. The predicted molar refractivity (Wildman–Crippen MR) is 117 cm³/mol. The van der Waals surface area contributed by atoms with Gasteiger partial charge in [0.15, 0.2) is 0 Å². The highest BCUT2D eigenvalue weighted by molar-refractivity contribution is 6.34. The number of methoxy groups -OCH3 is 1. The lowest BCUT2D eigenvalue weighted by Crippen LogP contribution is -2.22. The Hall–Kier alpha value is -4.19. The number of ether oxygens (including phenoxy) is 1. The lowest BCUT2D eigenvalue weighted by Gasteiger charge is -2.12. The van der Waals surface area contributed by atoms with Crippen molar-refractivity contribution in [2.75, 3.05) is 12.4 Å². The van der Waals surface area contributed by atoms with E-state index in [1.807, 2.05) is 36.4 Å². The van der Waals surface area contributed by atoms with Crippen LogP contribution < -0.4 is 15.6 Å². The number of nitrogens with zero attached hydrogens (tertiary/aromatic N) is 2. The molecule has 1 aliphatic rings. The molecule has 0 fully saturated rings. The molecule has 0 aliphatic carbocycles. The summed E-state index contributed by atoms with van der Waals surface area (Å²) in [5, 5.41) is 3.36. The number of para-hydroxylation sites is 2. The number of benzene rings is 3. The zero-order chi connectivity index (χ0) is 20.7. The Kier molecular flexibility index (Phi) is 4.17. The van der Waals surface area contributed by atoms with Crippen molar-refractivity contribution in [3.8, 4) is 11.4 Å². The minimum Gasteiger partial charge on any atom is -0.497 e. The molecule has 2 heterocycles. The molecule has 0 bridgehead atoms. The van der Waals surface area contributed by atoms with Gasteiger partial charge in [0, 0.05) is 11.3 Å². The Morgan fingerprint density at radius 1 is 0.933 bits per heavy atom. The van der Waals surface area contributed by atoms with Crippen LogP contribution in [0.2, 0.25) is 0 Å². The summed E-state index contributed by atoms with van der Waals surface area (Å²) in [6.45, 7) is 0. The van der Waals surface area contributed by atoms with E-state index in [0.717, 1.165) is 11.3 Å². The van der Waals surface area contributed by atoms with Crippen LogP contribution in [0.25, 0.3) is 28.2 Å². The number of hydrogen-bond donors (Lipinski definition) is 1. The van der Waals surface area contributed by atoms with E-state index in [2.05, 4.69) is 5.32 Å². The van der Waals surface area contributed by atoms with Crippen LogP contribution in [-0.4, -0.2) is 22.6 Å². The SMILES string of the molecule is COc1ccc(-n2c(/C=C3\C(=O)Nc4ccccc43)nc3ccccc3c2=O)cc1. The summed E-state index contributed by atoms with van der Waals surface area (Å²) in [6, 6.07) is 21.8. The van der Waals surface area contributed by atoms with E-state index in [0.29, 0.717) is 33.7 Å². The molecule has 0 saturated carbocycles. The van der Waals surface area contributed by atoms with Gasteiger partial charge in [0.2, 0.25) is 0 Å². The van der Waals surface area contributed by atoms with E-state index in [9.17, 15) is 9.59 Å². The van der Waals surface area contributed by atoms with Crippen LogP contribution in [0.3, 0.4) is 0 Å². The van der Waals surface area contributed by atoms with Crippen LogP contribution in [0.15, 0.2) is 77.6 Å². The van der Waals surface area contributed by atoms with Crippen molar-refractivity contribution in [1.29, 1.82) is 0 Å². The molecule has 1 N–H and O–H groups in total. The van der Waals surface area contributed by atoms with E-state index in [1.54, 1.807) is 49.6 Å². The maximum Gasteiger partial charge on any atom is 0.266 e. The molecule has 6 heteroatoms. The topological polar surface area (TPSA) is 73.2 Å². The van der Waals surface area contributed by atoms with Crippen LogP contribution in [-0.2, 0) is 4.79 Å². The van der Waals surface area contributed by atoms with Gasteiger partial charge in [0.1, 0.15) is 11.6 Å². The zero-order valence-electron chi connectivity index (χ0n) is 16.1. The Labute approximate surface area is 172 Å². The standard InChI is InChI=1S/C24H17N3O3/c1-30-16-12-10-15(11-13-16)27-22(25-21-9-5-3-7-18(21)24(27)29)14-19-17-6-2-4-8-20(17)26-23(19)28/h2-14H,1H3,(H,26,28)/b19-14-. The molecular weight excluding hydrogens is 378 g/mol. The summed E-state index contributed by atoms with van der Waals surface area (Å²) in [6.07, 6.45) is 1.67. The molecule has 146 valence electrons. The minimum absolute atomic E-state index is 0.204. The summed E-state index contributed by atoms with van der Waals surface area (Å²) in [7, 11) is 1.59. The number of anilines is 1. The van der Waals surface area contributed by atoms with E-state index in [4.69, 9.17) is 9.72 Å². The first-order chi connectivity index (χ1) is 14.7. The lowest BCUT2D eigenvalue weighted by atomic mass is 10.1. The molecular formula is C24H17N3O3. The van der Waals surface area contributed by atoms with Crippen molar-refractivity contribution in [1.82, 2.24) is 9.55 Å². The molecule has 4 aromatic rings. The van der Waals surface area contributed by atoms with Gasteiger partial charge in [-0.3, -0.25) is 14.2 Å².